The van der Waals surface area contributed by atoms with Crippen molar-refractivity contribution in [2.24, 2.45) is 0 Å². The Kier molecular flexibility index (Phi) is 4.49. The summed E-state index contributed by atoms with van der Waals surface area (Å²) in [5.41, 5.74) is 0.257. The van der Waals surface area contributed by atoms with Gasteiger partial charge in [-0.15, -0.1) is 6.42 Å². The first-order valence-electron chi connectivity index (χ1n) is 4.89. The van der Waals surface area contributed by atoms with E-state index < -0.39 is 17.8 Å². The SMILES string of the molecule is C#CCOc1cc(F)ccc1NC(=O)C(C)O. The van der Waals surface area contributed by atoms with Gasteiger partial charge in [-0.05, 0) is 19.1 Å². The molecule has 0 radical (unpaired) electrons. The Morgan fingerprint density at radius 2 is 2.41 bits per heavy atom. The minimum Gasteiger partial charge on any atom is -0.479 e. The van der Waals surface area contributed by atoms with Gasteiger partial charge in [0, 0.05) is 6.07 Å². The molecule has 0 aliphatic carbocycles. The largest absolute Gasteiger partial charge is 0.479 e. The molecule has 1 aromatic carbocycles. The van der Waals surface area contributed by atoms with E-state index in [0.29, 0.717) is 0 Å². The Bertz CT molecular complexity index is 452. The molecule has 0 aliphatic heterocycles. The van der Waals surface area contributed by atoms with Crippen LogP contribution in [0.1, 0.15) is 6.92 Å². The molecule has 1 unspecified atom stereocenters. The zero-order valence-corrected chi connectivity index (χ0v) is 9.24. The molecule has 0 aromatic heterocycles. The summed E-state index contributed by atoms with van der Waals surface area (Å²) in [6.45, 7) is 1.28. The van der Waals surface area contributed by atoms with Crippen LogP contribution in [0, 0.1) is 18.2 Å². The first kappa shape index (κ1) is 13.0. The summed E-state index contributed by atoms with van der Waals surface area (Å²) in [5, 5.41) is 11.4. The van der Waals surface area contributed by atoms with Gasteiger partial charge in [0.2, 0.25) is 0 Å². The van der Waals surface area contributed by atoms with Crippen molar-refractivity contribution < 1.29 is 19.0 Å². The average molecular weight is 237 g/mol. The van der Waals surface area contributed by atoms with Crippen molar-refractivity contribution in [3.63, 3.8) is 0 Å². The van der Waals surface area contributed by atoms with Crippen molar-refractivity contribution in [3.05, 3.63) is 24.0 Å². The quantitative estimate of drug-likeness (QED) is 0.772. The predicted octanol–water partition coefficient (Wildman–Crippen LogP) is 1.16. The molecule has 0 spiro atoms. The number of rotatable bonds is 4. The van der Waals surface area contributed by atoms with Gasteiger partial charge in [0.05, 0.1) is 5.69 Å². The van der Waals surface area contributed by atoms with E-state index in [-0.39, 0.29) is 18.0 Å². The van der Waals surface area contributed by atoms with Gasteiger partial charge < -0.3 is 15.2 Å². The zero-order valence-electron chi connectivity index (χ0n) is 9.24. The molecule has 5 heteroatoms. The number of aliphatic hydroxyl groups excluding tert-OH is 1. The fourth-order valence-corrected chi connectivity index (χ4v) is 1.08. The van der Waals surface area contributed by atoms with Crippen molar-refractivity contribution in [1.29, 1.82) is 0 Å². The molecule has 0 saturated carbocycles. The topological polar surface area (TPSA) is 58.6 Å². The van der Waals surface area contributed by atoms with Crippen LogP contribution in [0.25, 0.3) is 0 Å². The Balaban J connectivity index is 2.90. The van der Waals surface area contributed by atoms with Crippen molar-refractivity contribution in [1.82, 2.24) is 0 Å². The van der Waals surface area contributed by atoms with Crippen LogP contribution >= 0.6 is 0 Å². The van der Waals surface area contributed by atoms with Gasteiger partial charge in [0.25, 0.3) is 5.91 Å². The predicted molar refractivity (Wildman–Crippen MR) is 61.0 cm³/mol. The second kappa shape index (κ2) is 5.87. The van der Waals surface area contributed by atoms with Gasteiger partial charge in [-0.3, -0.25) is 4.79 Å². The number of hydrogen-bond donors (Lipinski definition) is 2. The molecule has 0 fully saturated rings. The molecular weight excluding hydrogens is 225 g/mol. The number of anilines is 1. The number of carbonyl (C=O) groups excluding carboxylic acids is 1. The van der Waals surface area contributed by atoms with Gasteiger partial charge in [-0.25, -0.2) is 4.39 Å². The smallest absolute Gasteiger partial charge is 0.253 e. The Hall–Kier alpha value is -2.06. The molecule has 0 heterocycles. The highest BCUT2D eigenvalue weighted by molar-refractivity contribution is 5.95. The normalized spacial score (nSPS) is 11.4. The zero-order chi connectivity index (χ0) is 12.8. The minimum absolute atomic E-state index is 0.0407. The Morgan fingerprint density at radius 3 is 3.00 bits per heavy atom. The molecule has 0 saturated heterocycles. The van der Waals surface area contributed by atoms with Crippen LogP contribution in [-0.2, 0) is 4.79 Å². The monoisotopic (exact) mass is 237 g/mol. The fourth-order valence-electron chi connectivity index (χ4n) is 1.08. The number of hydrogen-bond acceptors (Lipinski definition) is 3. The molecule has 4 nitrogen and oxygen atoms in total. The lowest BCUT2D eigenvalue weighted by molar-refractivity contribution is -0.123. The molecule has 90 valence electrons. The van der Waals surface area contributed by atoms with Gasteiger partial charge in [-0.2, -0.15) is 0 Å². The number of aliphatic hydroxyl groups is 1. The average Bonchev–Trinajstić information content (AvgIpc) is 2.29. The first-order chi connectivity index (χ1) is 8.04. The molecule has 1 rings (SSSR count). The molecule has 1 aromatic rings. The third kappa shape index (κ3) is 3.78. The maximum atomic E-state index is 13.0. The summed E-state index contributed by atoms with van der Waals surface area (Å²) >= 11 is 0. The van der Waals surface area contributed by atoms with Crippen LogP contribution in [0.4, 0.5) is 10.1 Å². The van der Waals surface area contributed by atoms with Crippen LogP contribution in [0.15, 0.2) is 18.2 Å². The molecule has 0 aliphatic rings. The van der Waals surface area contributed by atoms with Gasteiger partial charge in [0.15, 0.2) is 0 Å². The second-order valence-corrected chi connectivity index (χ2v) is 3.30. The first-order valence-corrected chi connectivity index (χ1v) is 4.89. The lowest BCUT2D eigenvalue weighted by Crippen LogP contribution is -2.24. The van der Waals surface area contributed by atoms with Gasteiger partial charge in [-0.1, -0.05) is 5.92 Å². The Morgan fingerprint density at radius 1 is 1.71 bits per heavy atom. The summed E-state index contributed by atoms with van der Waals surface area (Å²) in [5.74, 6) is 1.24. The van der Waals surface area contributed by atoms with E-state index in [1.807, 2.05) is 0 Å². The van der Waals surface area contributed by atoms with Crippen LogP contribution in [0.3, 0.4) is 0 Å². The van der Waals surface area contributed by atoms with Crippen molar-refractivity contribution in [3.8, 4) is 18.1 Å². The third-order valence-electron chi connectivity index (χ3n) is 1.89. The van der Waals surface area contributed by atoms with Crippen molar-refractivity contribution in [2.45, 2.75) is 13.0 Å². The number of ether oxygens (including phenoxy) is 1. The van der Waals surface area contributed by atoms with Crippen LogP contribution in [0.2, 0.25) is 0 Å². The number of amides is 1. The number of nitrogens with one attached hydrogen (secondary N) is 1. The summed E-state index contributed by atoms with van der Waals surface area (Å²) < 4.78 is 18.1. The second-order valence-electron chi connectivity index (χ2n) is 3.30. The standard InChI is InChI=1S/C12H12FNO3/c1-3-6-17-11-7-9(13)4-5-10(11)14-12(16)8(2)15/h1,4-5,7-8,15H,6H2,2H3,(H,14,16). The highest BCUT2D eigenvalue weighted by Gasteiger charge is 2.12. The molecular formula is C12H12FNO3. The van der Waals surface area contributed by atoms with E-state index in [2.05, 4.69) is 11.2 Å². The number of benzene rings is 1. The summed E-state index contributed by atoms with van der Waals surface area (Å²) in [7, 11) is 0. The summed E-state index contributed by atoms with van der Waals surface area (Å²) in [4.78, 5) is 11.3. The number of carbonyl (C=O) groups is 1. The van der Waals surface area contributed by atoms with E-state index in [0.717, 1.165) is 6.07 Å². The van der Waals surface area contributed by atoms with E-state index in [1.54, 1.807) is 0 Å². The molecule has 0 bridgehead atoms. The number of terminal acetylenes is 1. The lowest BCUT2D eigenvalue weighted by atomic mass is 10.2. The van der Waals surface area contributed by atoms with E-state index >= 15 is 0 Å². The van der Waals surface area contributed by atoms with Crippen LogP contribution in [-0.4, -0.2) is 23.7 Å². The van der Waals surface area contributed by atoms with E-state index in [1.165, 1.54) is 19.1 Å². The molecule has 1 atom stereocenters. The molecule has 1 amide bonds. The Labute approximate surface area is 98.4 Å². The van der Waals surface area contributed by atoms with Gasteiger partial charge in [0.1, 0.15) is 24.3 Å². The maximum absolute atomic E-state index is 13.0. The van der Waals surface area contributed by atoms with E-state index in [9.17, 15) is 9.18 Å². The van der Waals surface area contributed by atoms with Crippen LogP contribution in [0.5, 0.6) is 5.75 Å². The van der Waals surface area contributed by atoms with Crippen LogP contribution < -0.4 is 10.1 Å². The molecule has 2 N–H and O–H groups in total. The number of halogens is 1. The maximum Gasteiger partial charge on any atom is 0.253 e. The summed E-state index contributed by atoms with van der Waals surface area (Å²) in [6.07, 6.45) is 3.85. The summed E-state index contributed by atoms with van der Waals surface area (Å²) in [6, 6.07) is 3.61. The lowest BCUT2D eigenvalue weighted by Gasteiger charge is -2.12. The minimum atomic E-state index is -1.17. The molecule has 17 heavy (non-hydrogen) atoms. The van der Waals surface area contributed by atoms with Gasteiger partial charge >= 0.3 is 0 Å². The third-order valence-corrected chi connectivity index (χ3v) is 1.89. The van der Waals surface area contributed by atoms with E-state index in [4.69, 9.17) is 16.3 Å². The highest BCUT2D eigenvalue weighted by atomic mass is 19.1. The van der Waals surface area contributed by atoms with Crippen molar-refractivity contribution >= 4 is 11.6 Å². The van der Waals surface area contributed by atoms with Crippen molar-refractivity contribution in [2.75, 3.05) is 11.9 Å². The highest BCUT2D eigenvalue weighted by Crippen LogP contribution is 2.25. The fraction of sp³-hybridized carbons (Fsp3) is 0.250.